The van der Waals surface area contributed by atoms with Crippen molar-refractivity contribution in [3.05, 3.63) is 39.9 Å². The molecule has 2 aromatic rings. The second kappa shape index (κ2) is 11.5. The molecular weight excluding hydrogens is 550 g/mol. The minimum Gasteiger partial charge on any atom is -0.490 e. The van der Waals surface area contributed by atoms with Crippen LogP contribution < -0.4 is 19.9 Å². The van der Waals surface area contributed by atoms with Crippen LogP contribution in [0.2, 0.25) is 0 Å². The predicted octanol–water partition coefficient (Wildman–Crippen LogP) is 2.79. The van der Waals surface area contributed by atoms with E-state index in [1.165, 1.54) is 6.92 Å². The number of rotatable bonds is 7. The number of carbonyl (C=O) groups is 1. The van der Waals surface area contributed by atoms with Gasteiger partial charge in [0.1, 0.15) is 6.10 Å². The summed E-state index contributed by atoms with van der Waals surface area (Å²) >= 11 is 0. The van der Waals surface area contributed by atoms with Crippen molar-refractivity contribution in [3.8, 4) is 11.5 Å². The summed E-state index contributed by atoms with van der Waals surface area (Å²) in [5, 5.41) is 5.12. The molecule has 0 radical (unpaired) electrons. The Balaban J connectivity index is 1.30. The average Bonchev–Trinajstić information content (AvgIpc) is 3.04. The molecule has 1 unspecified atom stereocenters. The van der Waals surface area contributed by atoms with Gasteiger partial charge in [0, 0.05) is 51.8 Å². The molecule has 0 saturated carbocycles. The molecule has 220 valence electrons. The van der Waals surface area contributed by atoms with Crippen LogP contribution in [-0.2, 0) is 17.1 Å². The zero-order valence-electron chi connectivity index (χ0n) is 21.7. The predicted molar refractivity (Wildman–Crippen MR) is 129 cm³/mol. The molecule has 0 spiro atoms. The number of pyridine rings is 1. The lowest BCUT2D eigenvalue weighted by atomic mass is 10.1. The summed E-state index contributed by atoms with van der Waals surface area (Å²) in [6.45, 7) is 3.25. The van der Waals surface area contributed by atoms with E-state index in [0.717, 1.165) is 18.5 Å². The molecule has 1 N–H and O–H groups in total. The molecule has 2 aromatic heterocycles. The van der Waals surface area contributed by atoms with E-state index in [0.29, 0.717) is 38.4 Å². The smallest absolute Gasteiger partial charge is 0.425 e. The normalized spacial score (nSPS) is 18.5. The Kier molecular flexibility index (Phi) is 8.46. The Hall–Kier alpha value is -3.56. The van der Waals surface area contributed by atoms with Crippen molar-refractivity contribution < 1.29 is 40.6 Å². The van der Waals surface area contributed by atoms with E-state index in [1.807, 2.05) is 4.90 Å². The van der Waals surface area contributed by atoms with Crippen LogP contribution in [0.1, 0.15) is 30.9 Å². The van der Waals surface area contributed by atoms with Gasteiger partial charge in [-0.1, -0.05) is 0 Å². The van der Waals surface area contributed by atoms with E-state index in [1.54, 1.807) is 21.9 Å². The number of alkyl halides is 6. The number of anilines is 1. The number of aromatic nitrogens is 3. The molecule has 1 saturated heterocycles. The number of ether oxygens (including phenoxy) is 2. The van der Waals surface area contributed by atoms with E-state index < -0.39 is 40.9 Å². The minimum atomic E-state index is -4.92. The van der Waals surface area contributed by atoms with Gasteiger partial charge >= 0.3 is 12.4 Å². The van der Waals surface area contributed by atoms with Crippen molar-refractivity contribution in [1.82, 2.24) is 25.0 Å². The Morgan fingerprint density at radius 1 is 1.23 bits per heavy atom. The second-order valence-corrected chi connectivity index (χ2v) is 9.74. The van der Waals surface area contributed by atoms with Crippen molar-refractivity contribution >= 4 is 11.7 Å². The summed E-state index contributed by atoms with van der Waals surface area (Å²) < 4.78 is 89.8. The lowest BCUT2D eigenvalue weighted by molar-refractivity contribution is -0.140. The molecule has 0 aliphatic carbocycles. The third kappa shape index (κ3) is 6.77. The maximum atomic E-state index is 13.2. The number of nitrogens with one attached hydrogen (secondary N) is 1. The standard InChI is InChI=1S/C24H28F6N6O4/c1-14(40-18-11-32-33-22(38)20(18)24(28,29)30)12-34(2)5-3-19(37)35-6-7-36-16(13-35)4-8-39-17-9-15(23(25,26)27)10-31-21(17)36/h9-11,14,16H,3-8,12-13H2,1-2H3,(H,33,38)/t14-,16?/m0/s1. The highest BCUT2D eigenvalue weighted by Crippen LogP contribution is 2.38. The summed E-state index contributed by atoms with van der Waals surface area (Å²) in [5.41, 5.74) is -3.76. The van der Waals surface area contributed by atoms with E-state index in [2.05, 4.69) is 10.1 Å². The maximum Gasteiger partial charge on any atom is 0.425 e. The molecule has 2 aliphatic heterocycles. The van der Waals surface area contributed by atoms with E-state index >= 15 is 0 Å². The average molecular weight is 579 g/mol. The fraction of sp³-hybridized carbons (Fsp3) is 0.583. The quantitative estimate of drug-likeness (QED) is 0.501. The van der Waals surface area contributed by atoms with E-state index in [9.17, 15) is 35.9 Å². The van der Waals surface area contributed by atoms with Crippen LogP contribution in [-0.4, -0.2) is 89.4 Å². The summed E-state index contributed by atoms with van der Waals surface area (Å²) in [6, 6.07) is 0.763. The van der Waals surface area contributed by atoms with Crippen molar-refractivity contribution in [3.63, 3.8) is 0 Å². The lowest BCUT2D eigenvalue weighted by Crippen LogP contribution is -2.55. The number of hydrogen-bond acceptors (Lipinski definition) is 8. The number of piperazine rings is 1. The minimum absolute atomic E-state index is 0.0633. The molecule has 10 nitrogen and oxygen atoms in total. The number of halogens is 6. The van der Waals surface area contributed by atoms with Crippen molar-refractivity contribution in [2.24, 2.45) is 0 Å². The van der Waals surface area contributed by atoms with Crippen LogP contribution in [0.15, 0.2) is 23.3 Å². The number of fused-ring (bicyclic) bond motifs is 3. The first-order valence-electron chi connectivity index (χ1n) is 12.5. The van der Waals surface area contributed by atoms with E-state index in [4.69, 9.17) is 9.47 Å². The molecule has 1 fully saturated rings. The highest BCUT2D eigenvalue weighted by molar-refractivity contribution is 5.77. The van der Waals surface area contributed by atoms with Gasteiger partial charge in [-0.15, -0.1) is 0 Å². The molecule has 0 bridgehead atoms. The Morgan fingerprint density at radius 3 is 2.67 bits per heavy atom. The Bertz CT molecular complexity index is 1270. The summed E-state index contributed by atoms with van der Waals surface area (Å²) in [5.74, 6) is -0.429. The van der Waals surface area contributed by atoms with Gasteiger partial charge in [-0.3, -0.25) is 9.59 Å². The molecule has 2 atom stereocenters. The molecule has 1 amide bonds. The second-order valence-electron chi connectivity index (χ2n) is 9.74. The Labute approximate surface area is 224 Å². The number of amides is 1. The number of likely N-dealkylation sites (N-methyl/N-ethyl adjacent to an activating group) is 1. The maximum absolute atomic E-state index is 13.2. The van der Waals surface area contributed by atoms with Gasteiger partial charge in [0.05, 0.1) is 24.4 Å². The van der Waals surface area contributed by atoms with E-state index in [-0.39, 0.29) is 37.3 Å². The molecule has 0 aromatic carbocycles. The summed E-state index contributed by atoms with van der Waals surface area (Å²) in [4.78, 5) is 33.8. The highest BCUT2D eigenvalue weighted by atomic mass is 19.4. The zero-order valence-corrected chi connectivity index (χ0v) is 21.7. The SMILES string of the molecule is C[C@@H](CN(C)CCC(=O)N1CCN2c3ncc(C(F)(F)F)cc3OCCC2C1)Oc1cn[nH]c(=O)c1C(F)(F)F. The van der Waals surface area contributed by atoms with Crippen LogP contribution in [0.4, 0.5) is 32.2 Å². The molecule has 40 heavy (non-hydrogen) atoms. The monoisotopic (exact) mass is 578 g/mol. The lowest BCUT2D eigenvalue weighted by Gasteiger charge is -2.41. The van der Waals surface area contributed by atoms with Crippen molar-refractivity contribution in [1.29, 1.82) is 0 Å². The van der Waals surface area contributed by atoms with Crippen LogP contribution in [0.5, 0.6) is 11.5 Å². The fourth-order valence-electron chi connectivity index (χ4n) is 4.80. The van der Waals surface area contributed by atoms with Crippen molar-refractivity contribution in [2.75, 3.05) is 51.3 Å². The molecule has 16 heteroatoms. The van der Waals surface area contributed by atoms with Crippen LogP contribution >= 0.6 is 0 Å². The highest BCUT2D eigenvalue weighted by Gasteiger charge is 2.39. The van der Waals surface area contributed by atoms with Gasteiger partial charge in [0.25, 0.3) is 5.56 Å². The first kappa shape index (κ1) is 29.4. The third-order valence-electron chi connectivity index (χ3n) is 6.69. The Morgan fingerprint density at radius 2 is 1.98 bits per heavy atom. The van der Waals surface area contributed by atoms with Crippen molar-refractivity contribution in [2.45, 2.75) is 44.3 Å². The van der Waals surface area contributed by atoms with Crippen LogP contribution in [0, 0.1) is 0 Å². The third-order valence-corrected chi connectivity index (χ3v) is 6.69. The van der Waals surface area contributed by atoms with Gasteiger partial charge in [-0.25, -0.2) is 10.1 Å². The number of aromatic amines is 1. The number of hydrogen-bond donors (Lipinski definition) is 1. The van der Waals surface area contributed by atoms with Gasteiger partial charge in [0.15, 0.2) is 22.9 Å². The van der Waals surface area contributed by atoms with Gasteiger partial charge in [0.2, 0.25) is 5.91 Å². The first-order valence-corrected chi connectivity index (χ1v) is 12.5. The number of H-pyrrole nitrogens is 1. The topological polar surface area (TPSA) is 104 Å². The van der Waals surface area contributed by atoms with Crippen LogP contribution in [0.3, 0.4) is 0 Å². The largest absolute Gasteiger partial charge is 0.490 e. The van der Waals surface area contributed by atoms with Gasteiger partial charge in [-0.2, -0.15) is 31.4 Å². The van der Waals surface area contributed by atoms with Crippen LogP contribution in [0.25, 0.3) is 0 Å². The molecule has 2 aliphatic rings. The van der Waals surface area contributed by atoms with Gasteiger partial charge < -0.3 is 24.2 Å². The molecule has 4 rings (SSSR count). The first-order chi connectivity index (χ1) is 18.7. The summed E-state index contributed by atoms with van der Waals surface area (Å²) in [6.07, 6.45) is -8.00. The summed E-state index contributed by atoms with van der Waals surface area (Å²) in [7, 11) is 1.69. The zero-order chi connectivity index (χ0) is 29.2. The van der Waals surface area contributed by atoms with Gasteiger partial charge in [-0.05, 0) is 20.0 Å². The fourth-order valence-corrected chi connectivity index (χ4v) is 4.80. The molecule has 4 heterocycles. The number of nitrogens with zero attached hydrogens (tertiary/aromatic N) is 5. The number of carbonyl (C=O) groups excluding carboxylic acids is 1. The molecular formula is C24H28F6N6O4.